The van der Waals surface area contributed by atoms with Crippen LogP contribution in [0.3, 0.4) is 0 Å². The van der Waals surface area contributed by atoms with Crippen molar-refractivity contribution in [1.82, 2.24) is 14.7 Å². The molecule has 1 aliphatic heterocycles. The molecule has 0 aliphatic carbocycles. The van der Waals surface area contributed by atoms with E-state index in [1.807, 2.05) is 13.1 Å². The quantitative estimate of drug-likeness (QED) is 0.942. The number of hydrogen-bond donors (Lipinski definition) is 1. The zero-order valence-corrected chi connectivity index (χ0v) is 13.2. The molecule has 5 nitrogen and oxygen atoms in total. The minimum absolute atomic E-state index is 0.00708. The van der Waals surface area contributed by atoms with Gasteiger partial charge in [0.05, 0.1) is 5.92 Å². The Labute approximate surface area is 135 Å². The molecule has 3 rings (SSSR count). The molecule has 1 aromatic heterocycles. The molecule has 122 valence electrons. The number of amides is 1. The van der Waals surface area contributed by atoms with Gasteiger partial charge in [0.2, 0.25) is 5.91 Å². The average molecular weight is 316 g/mol. The number of carbonyl (C=O) groups excluding carboxylic acids is 1. The van der Waals surface area contributed by atoms with Gasteiger partial charge in [-0.15, -0.1) is 0 Å². The lowest BCUT2D eigenvalue weighted by Gasteiger charge is -2.31. The Hall–Kier alpha value is -2.21. The van der Waals surface area contributed by atoms with E-state index in [1.54, 1.807) is 29.1 Å². The topological polar surface area (TPSA) is 50.2 Å². The molecular formula is C17H21FN4O. The van der Waals surface area contributed by atoms with Crippen molar-refractivity contribution in [3.05, 3.63) is 47.9 Å². The lowest BCUT2D eigenvalue weighted by atomic mass is 9.96. The van der Waals surface area contributed by atoms with Gasteiger partial charge in [0.25, 0.3) is 0 Å². The van der Waals surface area contributed by atoms with Crippen molar-refractivity contribution in [2.45, 2.75) is 19.4 Å². The van der Waals surface area contributed by atoms with Gasteiger partial charge in [-0.05, 0) is 37.1 Å². The maximum Gasteiger partial charge on any atom is 0.229 e. The van der Waals surface area contributed by atoms with Crippen LogP contribution in [-0.4, -0.2) is 33.7 Å². The predicted octanol–water partition coefficient (Wildman–Crippen LogP) is 2.41. The van der Waals surface area contributed by atoms with E-state index in [9.17, 15) is 9.18 Å². The molecule has 6 heteroatoms. The summed E-state index contributed by atoms with van der Waals surface area (Å²) in [6.45, 7) is 2.30. The van der Waals surface area contributed by atoms with E-state index in [0.717, 1.165) is 24.9 Å². The summed E-state index contributed by atoms with van der Waals surface area (Å²) in [5.74, 6) is 0.315. The normalized spacial score (nSPS) is 18.8. The molecule has 2 aromatic rings. The van der Waals surface area contributed by atoms with Crippen LogP contribution in [0.4, 0.5) is 10.2 Å². The Balaban J connectivity index is 1.58. The average Bonchev–Trinajstić information content (AvgIpc) is 2.92. The first-order valence-corrected chi connectivity index (χ1v) is 7.87. The number of nitrogens with one attached hydrogen (secondary N) is 1. The van der Waals surface area contributed by atoms with Crippen molar-refractivity contribution in [3.8, 4) is 0 Å². The number of piperidine rings is 1. The van der Waals surface area contributed by atoms with Crippen LogP contribution in [-0.2, 0) is 18.4 Å². The SMILES string of the molecule is Cn1ccc(NC(=O)C2CCCN(Cc3cccc(F)c3)C2)n1. The van der Waals surface area contributed by atoms with Crippen molar-refractivity contribution in [3.63, 3.8) is 0 Å². The number of rotatable bonds is 4. The summed E-state index contributed by atoms with van der Waals surface area (Å²) in [4.78, 5) is 14.6. The molecule has 1 unspecified atom stereocenters. The van der Waals surface area contributed by atoms with Crippen LogP contribution in [0.5, 0.6) is 0 Å². The highest BCUT2D eigenvalue weighted by Crippen LogP contribution is 2.20. The van der Waals surface area contributed by atoms with E-state index in [-0.39, 0.29) is 17.6 Å². The molecule has 1 atom stereocenters. The van der Waals surface area contributed by atoms with Gasteiger partial charge in [-0.2, -0.15) is 5.10 Å². The summed E-state index contributed by atoms with van der Waals surface area (Å²) in [6.07, 6.45) is 3.64. The molecule has 1 fully saturated rings. The number of halogens is 1. The molecule has 1 amide bonds. The van der Waals surface area contributed by atoms with E-state index < -0.39 is 0 Å². The van der Waals surface area contributed by atoms with Crippen LogP contribution in [0.1, 0.15) is 18.4 Å². The first-order valence-electron chi connectivity index (χ1n) is 7.87. The molecule has 0 radical (unpaired) electrons. The fourth-order valence-electron chi connectivity index (χ4n) is 3.02. The summed E-state index contributed by atoms with van der Waals surface area (Å²) < 4.78 is 14.9. The summed E-state index contributed by atoms with van der Waals surface area (Å²) in [6, 6.07) is 8.42. The van der Waals surface area contributed by atoms with Crippen LogP contribution >= 0.6 is 0 Å². The number of aromatic nitrogens is 2. The van der Waals surface area contributed by atoms with Gasteiger partial charge < -0.3 is 5.32 Å². The van der Waals surface area contributed by atoms with Crippen molar-refractivity contribution in [1.29, 1.82) is 0 Å². The number of nitrogens with zero attached hydrogens (tertiary/aromatic N) is 3. The lowest BCUT2D eigenvalue weighted by molar-refractivity contribution is -0.121. The standard InChI is InChI=1S/C17H21FN4O/c1-21-9-7-16(20-21)19-17(23)14-5-3-8-22(12-14)11-13-4-2-6-15(18)10-13/h2,4,6-7,9-10,14H,3,5,8,11-12H2,1H3,(H,19,20,23). The fraction of sp³-hybridized carbons (Fsp3) is 0.412. The van der Waals surface area contributed by atoms with Crippen LogP contribution in [0, 0.1) is 11.7 Å². The molecule has 1 aliphatic rings. The minimum atomic E-state index is -0.219. The summed E-state index contributed by atoms with van der Waals surface area (Å²) in [7, 11) is 1.82. The number of anilines is 1. The zero-order chi connectivity index (χ0) is 16.2. The molecule has 23 heavy (non-hydrogen) atoms. The molecule has 2 heterocycles. The maximum atomic E-state index is 13.3. The second-order valence-corrected chi connectivity index (χ2v) is 6.07. The highest BCUT2D eigenvalue weighted by atomic mass is 19.1. The largest absolute Gasteiger partial charge is 0.309 e. The van der Waals surface area contributed by atoms with Crippen molar-refractivity contribution >= 4 is 11.7 Å². The van der Waals surface area contributed by atoms with Gasteiger partial charge in [0.1, 0.15) is 5.82 Å². The van der Waals surface area contributed by atoms with E-state index >= 15 is 0 Å². The summed E-state index contributed by atoms with van der Waals surface area (Å²) in [5.41, 5.74) is 0.941. The molecule has 1 aromatic carbocycles. The second kappa shape index (κ2) is 6.91. The smallest absolute Gasteiger partial charge is 0.229 e. The third-order valence-corrected chi connectivity index (χ3v) is 4.14. The van der Waals surface area contributed by atoms with Gasteiger partial charge in [0, 0.05) is 32.4 Å². The number of likely N-dealkylation sites (tertiary alicyclic amines) is 1. The summed E-state index contributed by atoms with van der Waals surface area (Å²) >= 11 is 0. The lowest BCUT2D eigenvalue weighted by Crippen LogP contribution is -2.40. The Bertz CT molecular complexity index is 685. The second-order valence-electron chi connectivity index (χ2n) is 6.07. The van der Waals surface area contributed by atoms with E-state index in [1.165, 1.54) is 6.07 Å². The van der Waals surface area contributed by atoms with Crippen LogP contribution in [0.15, 0.2) is 36.5 Å². The van der Waals surface area contributed by atoms with E-state index in [2.05, 4.69) is 15.3 Å². The molecule has 0 spiro atoms. The van der Waals surface area contributed by atoms with Gasteiger partial charge in [0.15, 0.2) is 5.82 Å². The molecule has 0 bridgehead atoms. The van der Waals surface area contributed by atoms with Gasteiger partial charge >= 0.3 is 0 Å². The van der Waals surface area contributed by atoms with E-state index in [4.69, 9.17) is 0 Å². The third kappa shape index (κ3) is 4.16. The molecule has 1 N–H and O–H groups in total. The predicted molar refractivity (Wildman–Crippen MR) is 86.2 cm³/mol. The zero-order valence-electron chi connectivity index (χ0n) is 13.2. The summed E-state index contributed by atoms with van der Waals surface area (Å²) in [5, 5.41) is 7.04. The third-order valence-electron chi connectivity index (χ3n) is 4.14. The number of aryl methyl sites for hydroxylation is 1. The van der Waals surface area contributed by atoms with Crippen LogP contribution in [0.2, 0.25) is 0 Å². The van der Waals surface area contributed by atoms with Gasteiger partial charge in [-0.3, -0.25) is 14.4 Å². The van der Waals surface area contributed by atoms with Crippen molar-refractivity contribution < 1.29 is 9.18 Å². The monoisotopic (exact) mass is 316 g/mol. The Kier molecular flexibility index (Phi) is 4.71. The van der Waals surface area contributed by atoms with Crippen molar-refractivity contribution in [2.75, 3.05) is 18.4 Å². The Morgan fingerprint density at radius 3 is 3.04 bits per heavy atom. The molecular weight excluding hydrogens is 295 g/mol. The minimum Gasteiger partial charge on any atom is -0.309 e. The first-order chi connectivity index (χ1) is 11.1. The maximum absolute atomic E-state index is 13.3. The molecule has 1 saturated heterocycles. The van der Waals surface area contributed by atoms with Gasteiger partial charge in [-0.25, -0.2) is 4.39 Å². The Morgan fingerprint density at radius 1 is 1.43 bits per heavy atom. The number of carbonyl (C=O) groups is 1. The van der Waals surface area contributed by atoms with Crippen LogP contribution in [0.25, 0.3) is 0 Å². The first kappa shape index (κ1) is 15.7. The highest BCUT2D eigenvalue weighted by molar-refractivity contribution is 5.91. The van der Waals surface area contributed by atoms with Crippen LogP contribution < -0.4 is 5.32 Å². The van der Waals surface area contributed by atoms with Gasteiger partial charge in [-0.1, -0.05) is 12.1 Å². The number of hydrogen-bond acceptors (Lipinski definition) is 3. The molecule has 0 saturated carbocycles. The highest BCUT2D eigenvalue weighted by Gasteiger charge is 2.26. The Morgan fingerprint density at radius 2 is 2.30 bits per heavy atom. The van der Waals surface area contributed by atoms with E-state index in [0.29, 0.717) is 18.9 Å². The number of benzene rings is 1. The fourth-order valence-corrected chi connectivity index (χ4v) is 3.02. The van der Waals surface area contributed by atoms with Crippen molar-refractivity contribution in [2.24, 2.45) is 13.0 Å².